The molecule has 0 fully saturated rings. The van der Waals surface area contributed by atoms with Gasteiger partial charge in [0.05, 0.1) is 13.3 Å². The summed E-state index contributed by atoms with van der Waals surface area (Å²) in [5.74, 6) is 1.12. The first-order valence-corrected chi connectivity index (χ1v) is 8.65. The lowest BCUT2D eigenvalue weighted by Crippen LogP contribution is -2.40. The average Bonchev–Trinajstić information content (AvgIpc) is 2.75. The molecule has 0 saturated carbocycles. The molecule has 0 spiro atoms. The van der Waals surface area contributed by atoms with Crippen LogP contribution < -0.4 is 19.6 Å². The maximum atomic E-state index is 12.6. The van der Waals surface area contributed by atoms with Crippen molar-refractivity contribution in [3.05, 3.63) is 90.5 Å². The van der Waals surface area contributed by atoms with Gasteiger partial charge in [-0.1, -0.05) is 48.5 Å². The number of benzene rings is 3. The van der Waals surface area contributed by atoms with Crippen LogP contribution in [0.5, 0.6) is 17.2 Å². The number of carbonyl (C=O) groups is 1. The lowest BCUT2D eigenvalue weighted by atomic mass is 10.2. The van der Waals surface area contributed by atoms with Crippen LogP contribution in [0.25, 0.3) is 0 Å². The molecule has 0 atom stereocenters. The molecule has 0 aliphatic heterocycles. The van der Waals surface area contributed by atoms with Gasteiger partial charge in [0.1, 0.15) is 17.2 Å². The molecule has 3 rings (SSSR count). The molecule has 0 aromatic heterocycles. The van der Waals surface area contributed by atoms with Gasteiger partial charge in [0.2, 0.25) is 0 Å². The zero-order valence-corrected chi connectivity index (χ0v) is 15.3. The van der Waals surface area contributed by atoms with E-state index in [0.29, 0.717) is 17.2 Å². The Morgan fingerprint density at radius 3 is 1.96 bits per heavy atom. The van der Waals surface area contributed by atoms with Crippen molar-refractivity contribution in [1.29, 1.82) is 0 Å². The predicted molar refractivity (Wildman–Crippen MR) is 107 cm³/mol. The van der Waals surface area contributed by atoms with Crippen LogP contribution in [0, 0.1) is 0 Å². The molecular weight excluding hydrogens is 356 g/mol. The minimum absolute atomic E-state index is 0.507. The van der Waals surface area contributed by atoms with Crippen molar-refractivity contribution >= 4 is 12.1 Å². The van der Waals surface area contributed by atoms with Crippen molar-refractivity contribution in [3.8, 4) is 17.2 Å². The highest BCUT2D eigenvalue weighted by atomic mass is 16.7. The third kappa shape index (κ3) is 5.35. The number of amides is 1. The van der Waals surface area contributed by atoms with Gasteiger partial charge in [-0.15, -0.1) is 0 Å². The third-order valence-corrected chi connectivity index (χ3v) is 3.70. The normalized spacial score (nSPS) is 10.6. The molecule has 6 nitrogen and oxygen atoms in total. The summed E-state index contributed by atoms with van der Waals surface area (Å²) in [5.41, 5.74) is 3.18. The molecular formula is C22H20N2O4. The van der Waals surface area contributed by atoms with Crippen LogP contribution >= 0.6 is 0 Å². The van der Waals surface area contributed by atoms with Gasteiger partial charge in [0.15, 0.2) is 0 Å². The van der Waals surface area contributed by atoms with E-state index < -0.39 is 12.2 Å². The SMILES string of the molecule is COc1ccccc1/C=N/NC(=O)C(Oc1ccccc1)Oc1ccccc1. The minimum Gasteiger partial charge on any atom is -0.496 e. The Morgan fingerprint density at radius 1 is 0.857 bits per heavy atom. The second kappa shape index (κ2) is 9.78. The molecule has 0 bridgehead atoms. The zero-order chi connectivity index (χ0) is 19.6. The molecule has 0 saturated heterocycles. The lowest BCUT2D eigenvalue weighted by molar-refractivity contribution is -0.140. The second-order valence-corrected chi connectivity index (χ2v) is 5.67. The van der Waals surface area contributed by atoms with Gasteiger partial charge in [-0.2, -0.15) is 5.10 Å². The summed E-state index contributed by atoms with van der Waals surface area (Å²) in [6, 6.07) is 25.3. The average molecular weight is 376 g/mol. The monoisotopic (exact) mass is 376 g/mol. The van der Waals surface area contributed by atoms with Gasteiger partial charge >= 0.3 is 12.2 Å². The van der Waals surface area contributed by atoms with E-state index in [9.17, 15) is 4.79 Å². The highest BCUT2D eigenvalue weighted by molar-refractivity contribution is 5.86. The van der Waals surface area contributed by atoms with Gasteiger partial charge < -0.3 is 14.2 Å². The fourth-order valence-electron chi connectivity index (χ4n) is 2.37. The summed E-state index contributed by atoms with van der Waals surface area (Å²) >= 11 is 0. The quantitative estimate of drug-likeness (QED) is 0.370. The fraction of sp³-hybridized carbons (Fsp3) is 0.0909. The smallest absolute Gasteiger partial charge is 0.323 e. The Kier molecular flexibility index (Phi) is 6.62. The summed E-state index contributed by atoms with van der Waals surface area (Å²) in [4.78, 5) is 12.6. The zero-order valence-electron chi connectivity index (χ0n) is 15.3. The molecule has 6 heteroatoms. The summed E-state index contributed by atoms with van der Waals surface area (Å²) in [6.07, 6.45) is 0.290. The molecule has 0 heterocycles. The first kappa shape index (κ1) is 19.0. The highest BCUT2D eigenvalue weighted by Gasteiger charge is 2.22. The van der Waals surface area contributed by atoms with E-state index in [0.717, 1.165) is 5.56 Å². The standard InChI is InChI=1S/C22H20N2O4/c1-26-20-15-9-8-10-17(20)16-23-24-21(25)22(27-18-11-4-2-5-12-18)28-19-13-6-3-7-14-19/h2-16,22H,1H3,(H,24,25)/b23-16+. The van der Waals surface area contributed by atoms with Crippen LogP contribution in [-0.2, 0) is 4.79 Å². The van der Waals surface area contributed by atoms with Crippen LogP contribution in [0.1, 0.15) is 5.56 Å². The van der Waals surface area contributed by atoms with Gasteiger partial charge in [-0.25, -0.2) is 5.43 Å². The van der Waals surface area contributed by atoms with E-state index in [1.54, 1.807) is 31.4 Å². The number of carbonyl (C=O) groups excluding carboxylic acids is 1. The lowest BCUT2D eigenvalue weighted by Gasteiger charge is -2.18. The van der Waals surface area contributed by atoms with Crippen LogP contribution in [0.2, 0.25) is 0 Å². The fourth-order valence-corrected chi connectivity index (χ4v) is 2.37. The Labute approximate surface area is 163 Å². The summed E-state index contributed by atoms with van der Waals surface area (Å²) < 4.78 is 16.6. The Bertz CT molecular complexity index is 873. The van der Waals surface area contributed by atoms with Crippen molar-refractivity contribution in [1.82, 2.24) is 5.43 Å². The summed E-state index contributed by atoms with van der Waals surface area (Å²) in [5, 5.41) is 3.99. The number of hydrazone groups is 1. The van der Waals surface area contributed by atoms with E-state index in [1.165, 1.54) is 6.21 Å². The van der Waals surface area contributed by atoms with Gasteiger partial charge in [-0.3, -0.25) is 4.79 Å². The number of hydrogen-bond donors (Lipinski definition) is 1. The molecule has 1 N–H and O–H groups in total. The van der Waals surface area contributed by atoms with Crippen molar-refractivity contribution < 1.29 is 19.0 Å². The van der Waals surface area contributed by atoms with Crippen LogP contribution in [0.3, 0.4) is 0 Å². The van der Waals surface area contributed by atoms with E-state index in [-0.39, 0.29) is 0 Å². The van der Waals surface area contributed by atoms with Crippen LogP contribution in [0.4, 0.5) is 0 Å². The number of methoxy groups -OCH3 is 1. The van der Waals surface area contributed by atoms with Gasteiger partial charge in [0.25, 0.3) is 0 Å². The van der Waals surface area contributed by atoms with E-state index >= 15 is 0 Å². The number of ether oxygens (including phenoxy) is 3. The minimum atomic E-state index is -1.21. The predicted octanol–water partition coefficient (Wildman–Crippen LogP) is 3.63. The molecule has 0 unspecified atom stereocenters. The number of para-hydroxylation sites is 3. The Morgan fingerprint density at radius 2 is 1.39 bits per heavy atom. The molecule has 3 aromatic carbocycles. The summed E-state index contributed by atoms with van der Waals surface area (Å²) in [7, 11) is 1.57. The molecule has 3 aromatic rings. The van der Waals surface area contributed by atoms with Crippen molar-refractivity contribution in [3.63, 3.8) is 0 Å². The van der Waals surface area contributed by atoms with Crippen molar-refractivity contribution in [2.45, 2.75) is 6.29 Å². The summed E-state index contributed by atoms with van der Waals surface area (Å²) in [6.45, 7) is 0. The van der Waals surface area contributed by atoms with Crippen molar-refractivity contribution in [2.24, 2.45) is 5.10 Å². The topological polar surface area (TPSA) is 69.2 Å². The van der Waals surface area contributed by atoms with Gasteiger partial charge in [0, 0.05) is 5.56 Å². The molecule has 0 aliphatic carbocycles. The second-order valence-electron chi connectivity index (χ2n) is 5.67. The van der Waals surface area contributed by atoms with E-state index in [1.807, 2.05) is 60.7 Å². The highest BCUT2D eigenvalue weighted by Crippen LogP contribution is 2.16. The van der Waals surface area contributed by atoms with E-state index in [2.05, 4.69) is 10.5 Å². The molecule has 0 aliphatic rings. The first-order valence-electron chi connectivity index (χ1n) is 8.65. The number of nitrogens with one attached hydrogen (secondary N) is 1. The van der Waals surface area contributed by atoms with Crippen LogP contribution in [0.15, 0.2) is 90.0 Å². The van der Waals surface area contributed by atoms with Crippen molar-refractivity contribution in [2.75, 3.05) is 7.11 Å². The Balaban J connectivity index is 1.71. The molecule has 0 radical (unpaired) electrons. The largest absolute Gasteiger partial charge is 0.496 e. The number of nitrogens with zero attached hydrogens (tertiary/aromatic N) is 1. The Hall–Kier alpha value is -3.80. The molecule has 1 amide bonds. The maximum absolute atomic E-state index is 12.6. The van der Waals surface area contributed by atoms with Gasteiger partial charge in [-0.05, 0) is 36.4 Å². The molecule has 28 heavy (non-hydrogen) atoms. The number of hydrogen-bond acceptors (Lipinski definition) is 5. The maximum Gasteiger partial charge on any atom is 0.323 e. The van der Waals surface area contributed by atoms with Crippen LogP contribution in [-0.4, -0.2) is 25.5 Å². The first-order chi connectivity index (χ1) is 13.8. The third-order valence-electron chi connectivity index (χ3n) is 3.70. The number of rotatable bonds is 8. The van der Waals surface area contributed by atoms with E-state index in [4.69, 9.17) is 14.2 Å². The molecule has 142 valence electrons.